The van der Waals surface area contributed by atoms with Gasteiger partial charge in [-0.15, -0.1) is 0 Å². The minimum Gasteiger partial charge on any atom is -0.379 e. The molecule has 114 valence electrons. The highest BCUT2D eigenvalue weighted by Gasteiger charge is 2.44. The third kappa shape index (κ3) is 2.97. The van der Waals surface area contributed by atoms with E-state index in [1.165, 1.54) is 0 Å². The third-order valence-corrected chi connectivity index (χ3v) is 4.12. The number of ether oxygens (including phenoxy) is 1. The van der Waals surface area contributed by atoms with Gasteiger partial charge >= 0.3 is 0 Å². The maximum absolute atomic E-state index is 12.3. The number of carbonyl (C=O) groups is 1. The molecular formula is C18H20N2O2. The summed E-state index contributed by atoms with van der Waals surface area (Å²) in [6.45, 7) is 3.06. The van der Waals surface area contributed by atoms with Crippen molar-refractivity contribution in [1.29, 1.82) is 0 Å². The molecule has 3 rings (SSSR count). The lowest BCUT2D eigenvalue weighted by Crippen LogP contribution is -2.51. The first kappa shape index (κ1) is 14.6. The summed E-state index contributed by atoms with van der Waals surface area (Å²) in [5.74, 6) is 0.0463. The molecule has 0 radical (unpaired) electrons. The predicted octanol–water partition coefficient (Wildman–Crippen LogP) is 3.80. The molecule has 2 aromatic carbocycles. The van der Waals surface area contributed by atoms with Crippen molar-refractivity contribution >= 4 is 23.0 Å². The van der Waals surface area contributed by atoms with Crippen molar-refractivity contribution in [2.45, 2.75) is 13.3 Å². The van der Waals surface area contributed by atoms with Crippen LogP contribution in [-0.2, 0) is 9.53 Å². The van der Waals surface area contributed by atoms with Crippen molar-refractivity contribution < 1.29 is 9.53 Å². The van der Waals surface area contributed by atoms with E-state index in [1.807, 2.05) is 61.5 Å². The Morgan fingerprint density at radius 2 is 1.59 bits per heavy atom. The number of para-hydroxylation sites is 1. The monoisotopic (exact) mass is 296 g/mol. The standard InChI is InChI=1S/C18H20N2O2/c1-2-18(12-22-13-18)17(21)20-16-10-8-15(9-11-16)19-14-6-4-3-5-7-14/h3-11,19H,2,12-13H2,1H3,(H,20,21). The Hall–Kier alpha value is -2.33. The highest BCUT2D eigenvalue weighted by atomic mass is 16.5. The van der Waals surface area contributed by atoms with Gasteiger partial charge in [0.05, 0.1) is 18.6 Å². The van der Waals surface area contributed by atoms with Gasteiger partial charge in [-0.3, -0.25) is 4.79 Å². The van der Waals surface area contributed by atoms with Crippen LogP contribution in [0.15, 0.2) is 54.6 Å². The summed E-state index contributed by atoms with van der Waals surface area (Å²) < 4.78 is 5.20. The van der Waals surface area contributed by atoms with Gasteiger partial charge in [0.1, 0.15) is 0 Å². The number of benzene rings is 2. The summed E-state index contributed by atoms with van der Waals surface area (Å²) in [6, 6.07) is 17.7. The van der Waals surface area contributed by atoms with Crippen LogP contribution in [0.4, 0.5) is 17.1 Å². The molecule has 0 unspecified atom stereocenters. The van der Waals surface area contributed by atoms with Gasteiger partial charge in [-0.05, 0) is 42.8 Å². The second kappa shape index (κ2) is 6.20. The van der Waals surface area contributed by atoms with Gasteiger partial charge in [-0.2, -0.15) is 0 Å². The number of amides is 1. The average Bonchev–Trinajstić information content (AvgIpc) is 2.50. The summed E-state index contributed by atoms with van der Waals surface area (Å²) in [5.41, 5.74) is 2.49. The summed E-state index contributed by atoms with van der Waals surface area (Å²) in [5, 5.41) is 6.30. The number of carbonyl (C=O) groups excluding carboxylic acids is 1. The van der Waals surface area contributed by atoms with Crippen LogP contribution in [0, 0.1) is 5.41 Å². The molecule has 4 nitrogen and oxygen atoms in total. The number of rotatable bonds is 5. The quantitative estimate of drug-likeness (QED) is 0.882. The lowest BCUT2D eigenvalue weighted by Gasteiger charge is -2.38. The Morgan fingerprint density at radius 1 is 1.00 bits per heavy atom. The highest BCUT2D eigenvalue weighted by Crippen LogP contribution is 2.32. The number of hydrogen-bond acceptors (Lipinski definition) is 3. The van der Waals surface area contributed by atoms with Crippen LogP contribution < -0.4 is 10.6 Å². The van der Waals surface area contributed by atoms with E-state index >= 15 is 0 Å². The Bertz CT molecular complexity index is 628. The molecule has 2 N–H and O–H groups in total. The zero-order valence-electron chi connectivity index (χ0n) is 12.6. The maximum Gasteiger partial charge on any atom is 0.235 e. The van der Waals surface area contributed by atoms with Gasteiger partial charge in [0.2, 0.25) is 5.91 Å². The van der Waals surface area contributed by atoms with E-state index in [2.05, 4.69) is 10.6 Å². The minimum atomic E-state index is -0.346. The molecule has 1 fully saturated rings. The molecule has 0 aromatic heterocycles. The van der Waals surface area contributed by atoms with E-state index in [1.54, 1.807) is 0 Å². The molecule has 0 bridgehead atoms. The fourth-order valence-corrected chi connectivity index (χ4v) is 2.43. The molecule has 1 aliphatic rings. The van der Waals surface area contributed by atoms with Gasteiger partial charge in [-0.25, -0.2) is 0 Å². The summed E-state index contributed by atoms with van der Waals surface area (Å²) in [4.78, 5) is 12.3. The van der Waals surface area contributed by atoms with Crippen molar-refractivity contribution in [3.8, 4) is 0 Å². The van der Waals surface area contributed by atoms with Gasteiger partial charge in [0.15, 0.2) is 0 Å². The normalized spacial score (nSPS) is 15.7. The molecule has 0 spiro atoms. The average molecular weight is 296 g/mol. The van der Waals surface area contributed by atoms with Crippen LogP contribution in [0.5, 0.6) is 0 Å². The molecule has 4 heteroatoms. The van der Waals surface area contributed by atoms with E-state index in [9.17, 15) is 4.79 Å². The Kier molecular flexibility index (Phi) is 4.11. The molecule has 0 aliphatic carbocycles. The van der Waals surface area contributed by atoms with Gasteiger partial charge in [0.25, 0.3) is 0 Å². The SMILES string of the molecule is CCC1(C(=O)Nc2ccc(Nc3ccccc3)cc2)COC1. The van der Waals surface area contributed by atoms with Crippen LogP contribution in [0.2, 0.25) is 0 Å². The molecule has 1 aliphatic heterocycles. The molecule has 22 heavy (non-hydrogen) atoms. The first-order valence-electron chi connectivity index (χ1n) is 7.53. The van der Waals surface area contributed by atoms with Gasteiger partial charge in [-0.1, -0.05) is 25.1 Å². The van der Waals surface area contributed by atoms with Gasteiger partial charge < -0.3 is 15.4 Å². The highest BCUT2D eigenvalue weighted by molar-refractivity contribution is 5.96. The molecular weight excluding hydrogens is 276 g/mol. The Morgan fingerprint density at radius 3 is 2.14 bits per heavy atom. The zero-order chi connectivity index (χ0) is 15.4. The predicted molar refractivity (Wildman–Crippen MR) is 88.3 cm³/mol. The number of anilines is 3. The Labute approximate surface area is 130 Å². The minimum absolute atomic E-state index is 0.0463. The topological polar surface area (TPSA) is 50.4 Å². The molecule has 1 heterocycles. The number of hydrogen-bond donors (Lipinski definition) is 2. The van der Waals surface area contributed by atoms with E-state index in [0.717, 1.165) is 23.5 Å². The largest absolute Gasteiger partial charge is 0.379 e. The molecule has 1 amide bonds. The molecule has 0 saturated carbocycles. The zero-order valence-corrected chi connectivity index (χ0v) is 12.6. The van der Waals surface area contributed by atoms with Crippen molar-refractivity contribution in [1.82, 2.24) is 0 Å². The summed E-state index contributed by atoms with van der Waals surface area (Å²) in [7, 11) is 0. The van der Waals surface area contributed by atoms with Gasteiger partial charge in [0, 0.05) is 17.1 Å². The maximum atomic E-state index is 12.3. The van der Waals surface area contributed by atoms with Crippen molar-refractivity contribution in [2.24, 2.45) is 5.41 Å². The van der Waals surface area contributed by atoms with Crippen LogP contribution >= 0.6 is 0 Å². The van der Waals surface area contributed by atoms with Crippen LogP contribution in [-0.4, -0.2) is 19.1 Å². The van der Waals surface area contributed by atoms with Crippen molar-refractivity contribution in [3.63, 3.8) is 0 Å². The third-order valence-electron chi connectivity index (χ3n) is 4.12. The van der Waals surface area contributed by atoms with Crippen LogP contribution in [0.3, 0.4) is 0 Å². The molecule has 0 atom stereocenters. The van der Waals surface area contributed by atoms with E-state index in [-0.39, 0.29) is 11.3 Å². The first-order chi connectivity index (χ1) is 10.7. The smallest absolute Gasteiger partial charge is 0.235 e. The summed E-state index contributed by atoms with van der Waals surface area (Å²) >= 11 is 0. The lowest BCUT2D eigenvalue weighted by molar-refractivity contribution is -0.156. The van der Waals surface area contributed by atoms with Crippen LogP contribution in [0.25, 0.3) is 0 Å². The first-order valence-corrected chi connectivity index (χ1v) is 7.53. The van der Waals surface area contributed by atoms with Crippen molar-refractivity contribution in [2.75, 3.05) is 23.8 Å². The lowest BCUT2D eigenvalue weighted by atomic mass is 9.82. The second-order valence-electron chi connectivity index (χ2n) is 5.65. The summed E-state index contributed by atoms with van der Waals surface area (Å²) in [6.07, 6.45) is 0.798. The second-order valence-corrected chi connectivity index (χ2v) is 5.65. The molecule has 2 aromatic rings. The van der Waals surface area contributed by atoms with E-state index < -0.39 is 0 Å². The van der Waals surface area contributed by atoms with E-state index in [0.29, 0.717) is 13.2 Å². The van der Waals surface area contributed by atoms with E-state index in [4.69, 9.17) is 4.74 Å². The fourth-order valence-electron chi connectivity index (χ4n) is 2.43. The Balaban J connectivity index is 1.63. The van der Waals surface area contributed by atoms with Crippen molar-refractivity contribution in [3.05, 3.63) is 54.6 Å². The number of nitrogens with one attached hydrogen (secondary N) is 2. The fraction of sp³-hybridized carbons (Fsp3) is 0.278. The molecule has 1 saturated heterocycles. The van der Waals surface area contributed by atoms with Crippen LogP contribution in [0.1, 0.15) is 13.3 Å².